The van der Waals surface area contributed by atoms with Gasteiger partial charge in [-0.25, -0.2) is 17.9 Å². The van der Waals surface area contributed by atoms with E-state index in [1.807, 2.05) is 0 Å². The average Bonchev–Trinajstić information content (AvgIpc) is 3.09. The molecule has 0 aliphatic rings. The Morgan fingerprint density at radius 3 is 2.40 bits per heavy atom. The molecule has 0 radical (unpaired) electrons. The van der Waals surface area contributed by atoms with Crippen LogP contribution in [0, 0.1) is 6.92 Å². The molecule has 0 fully saturated rings. The van der Waals surface area contributed by atoms with Crippen molar-refractivity contribution in [2.24, 2.45) is 0 Å². The lowest BCUT2D eigenvalue weighted by atomic mass is 10.1. The predicted octanol–water partition coefficient (Wildman–Crippen LogP) is 4.55. The Labute approximate surface area is 182 Å². The molecule has 0 unspecified atom stereocenters. The van der Waals surface area contributed by atoms with Gasteiger partial charge < -0.3 is 14.0 Å². The molecule has 0 saturated heterocycles. The van der Waals surface area contributed by atoms with Gasteiger partial charge in [-0.2, -0.15) is 0 Å². The summed E-state index contributed by atoms with van der Waals surface area (Å²) in [5.74, 6) is -1.23. The summed E-state index contributed by atoms with van der Waals surface area (Å²) in [6.07, 6.45) is 0. The van der Waals surface area contributed by atoms with E-state index in [0.29, 0.717) is 5.56 Å². The van der Waals surface area contributed by atoms with Crippen LogP contribution < -0.4 is 9.46 Å². The van der Waals surface area contributed by atoms with Crippen molar-refractivity contribution in [1.29, 1.82) is 0 Å². The Balaban J connectivity index is 2.15. The number of anilines is 1. The third-order valence-electron chi connectivity index (χ3n) is 4.12. The number of hydrogen-bond donors (Lipinski definition) is 1. The lowest BCUT2D eigenvalue weighted by Gasteiger charge is -2.11. The fourth-order valence-electron chi connectivity index (χ4n) is 2.72. The molecule has 2 aromatic carbocycles. The SMILES string of the molecule is COC(=O)c1c(-c2c(Cl)cccc2Cl)noc1NS(=O)(=O)c1cc(C)ccc1OC. The quantitative estimate of drug-likeness (QED) is 0.526. The summed E-state index contributed by atoms with van der Waals surface area (Å²) >= 11 is 12.4. The number of nitrogens with one attached hydrogen (secondary N) is 1. The van der Waals surface area contributed by atoms with Crippen LogP contribution in [0.5, 0.6) is 5.75 Å². The van der Waals surface area contributed by atoms with Crippen LogP contribution in [0.1, 0.15) is 15.9 Å². The summed E-state index contributed by atoms with van der Waals surface area (Å²) in [6, 6.07) is 9.32. The number of rotatable bonds is 6. The summed E-state index contributed by atoms with van der Waals surface area (Å²) in [7, 11) is -1.74. The van der Waals surface area contributed by atoms with Gasteiger partial charge in [-0.05, 0) is 36.8 Å². The van der Waals surface area contributed by atoms with Gasteiger partial charge in [-0.1, -0.05) is 40.5 Å². The molecule has 1 N–H and O–H groups in total. The molecule has 3 aromatic rings. The molecule has 0 bridgehead atoms. The number of hydrogen-bond acceptors (Lipinski definition) is 7. The Morgan fingerprint density at radius 2 is 1.80 bits per heavy atom. The smallest absolute Gasteiger partial charge is 0.345 e. The predicted molar refractivity (Wildman–Crippen MR) is 112 cm³/mol. The molecule has 0 spiro atoms. The van der Waals surface area contributed by atoms with E-state index in [9.17, 15) is 13.2 Å². The first kappa shape index (κ1) is 21.9. The lowest BCUT2D eigenvalue weighted by molar-refractivity contribution is 0.0602. The first-order chi connectivity index (χ1) is 14.2. The lowest BCUT2D eigenvalue weighted by Crippen LogP contribution is -2.16. The minimum atomic E-state index is -4.21. The van der Waals surface area contributed by atoms with Gasteiger partial charge in [0, 0.05) is 5.56 Å². The largest absolute Gasteiger partial charge is 0.495 e. The van der Waals surface area contributed by atoms with Crippen molar-refractivity contribution < 1.29 is 27.2 Å². The van der Waals surface area contributed by atoms with E-state index in [1.165, 1.54) is 19.2 Å². The maximum Gasteiger partial charge on any atom is 0.345 e. The van der Waals surface area contributed by atoms with Gasteiger partial charge in [0.2, 0.25) is 0 Å². The van der Waals surface area contributed by atoms with Crippen molar-refractivity contribution in [2.75, 3.05) is 18.9 Å². The maximum atomic E-state index is 13.0. The van der Waals surface area contributed by atoms with Crippen molar-refractivity contribution in [3.05, 3.63) is 57.6 Å². The van der Waals surface area contributed by atoms with Crippen molar-refractivity contribution >= 4 is 45.1 Å². The molecule has 158 valence electrons. The highest BCUT2D eigenvalue weighted by molar-refractivity contribution is 7.92. The van der Waals surface area contributed by atoms with Crippen LogP contribution in [-0.4, -0.2) is 33.8 Å². The summed E-state index contributed by atoms with van der Waals surface area (Å²) in [4.78, 5) is 12.3. The van der Waals surface area contributed by atoms with E-state index >= 15 is 0 Å². The topological polar surface area (TPSA) is 108 Å². The number of benzene rings is 2. The molecule has 8 nitrogen and oxygen atoms in total. The number of nitrogens with zero attached hydrogens (tertiary/aromatic N) is 1. The second-order valence-electron chi connectivity index (χ2n) is 6.08. The Bertz CT molecular complexity index is 1200. The van der Waals surface area contributed by atoms with Crippen molar-refractivity contribution in [2.45, 2.75) is 11.8 Å². The highest BCUT2D eigenvalue weighted by Gasteiger charge is 2.31. The first-order valence-electron chi connectivity index (χ1n) is 8.39. The highest BCUT2D eigenvalue weighted by Crippen LogP contribution is 2.39. The van der Waals surface area contributed by atoms with E-state index in [0.717, 1.165) is 7.11 Å². The van der Waals surface area contributed by atoms with Gasteiger partial charge in [-0.3, -0.25) is 0 Å². The van der Waals surface area contributed by atoms with Crippen LogP contribution in [0.15, 0.2) is 45.8 Å². The molecule has 0 aliphatic carbocycles. The van der Waals surface area contributed by atoms with E-state index in [1.54, 1.807) is 31.2 Å². The van der Waals surface area contributed by atoms with E-state index in [-0.39, 0.29) is 37.5 Å². The number of sulfonamides is 1. The van der Waals surface area contributed by atoms with E-state index < -0.39 is 21.9 Å². The zero-order chi connectivity index (χ0) is 22.1. The number of ether oxygens (including phenoxy) is 2. The number of esters is 1. The van der Waals surface area contributed by atoms with Crippen LogP contribution in [0.25, 0.3) is 11.3 Å². The number of aromatic nitrogens is 1. The van der Waals surface area contributed by atoms with Crippen LogP contribution in [0.4, 0.5) is 5.88 Å². The third kappa shape index (κ3) is 4.09. The number of carbonyl (C=O) groups is 1. The van der Waals surface area contributed by atoms with Gasteiger partial charge in [0.05, 0.1) is 24.3 Å². The van der Waals surface area contributed by atoms with Gasteiger partial charge >= 0.3 is 5.97 Å². The van der Waals surface area contributed by atoms with Gasteiger partial charge in [0.25, 0.3) is 15.9 Å². The standard InChI is InChI=1S/C19H16Cl2N2O6S/c1-10-7-8-13(27-2)14(9-10)30(25,26)23-18-16(19(24)28-3)17(22-29-18)15-11(20)5-4-6-12(15)21/h4-9,23H,1-3H3. The third-order valence-corrected chi connectivity index (χ3v) is 6.10. The van der Waals surface area contributed by atoms with Crippen LogP contribution >= 0.6 is 23.2 Å². The van der Waals surface area contributed by atoms with Crippen molar-refractivity contribution in [1.82, 2.24) is 5.16 Å². The maximum absolute atomic E-state index is 13.0. The normalized spacial score (nSPS) is 11.2. The molecule has 3 rings (SSSR count). The summed E-state index contributed by atoms with van der Waals surface area (Å²) in [6.45, 7) is 1.73. The molecule has 11 heteroatoms. The number of halogens is 2. The summed E-state index contributed by atoms with van der Waals surface area (Å²) in [5.41, 5.74) is 0.545. The van der Waals surface area contributed by atoms with E-state index in [4.69, 9.17) is 37.2 Å². The Hall–Kier alpha value is -2.75. The van der Waals surface area contributed by atoms with Crippen molar-refractivity contribution in [3.63, 3.8) is 0 Å². The summed E-state index contributed by atoms with van der Waals surface area (Å²) in [5, 5.41) is 4.19. The minimum absolute atomic E-state index is 0.0636. The first-order valence-corrected chi connectivity index (χ1v) is 10.6. The molecular formula is C19H16Cl2N2O6S. The van der Waals surface area contributed by atoms with Crippen LogP contribution in [-0.2, 0) is 14.8 Å². The highest BCUT2D eigenvalue weighted by atomic mass is 35.5. The number of methoxy groups -OCH3 is 2. The minimum Gasteiger partial charge on any atom is -0.495 e. The summed E-state index contributed by atoms with van der Waals surface area (Å²) < 4.78 is 43.3. The van der Waals surface area contributed by atoms with Crippen molar-refractivity contribution in [3.8, 4) is 17.0 Å². The Kier molecular flexibility index (Phi) is 6.25. The molecule has 0 amide bonds. The van der Waals surface area contributed by atoms with Gasteiger partial charge in [-0.15, -0.1) is 0 Å². The van der Waals surface area contributed by atoms with Gasteiger partial charge in [0.15, 0.2) is 5.56 Å². The average molecular weight is 471 g/mol. The Morgan fingerprint density at radius 1 is 1.13 bits per heavy atom. The number of aryl methyl sites for hydroxylation is 1. The zero-order valence-corrected chi connectivity index (χ0v) is 18.4. The van der Waals surface area contributed by atoms with E-state index in [2.05, 4.69) is 9.88 Å². The molecule has 1 heterocycles. The second kappa shape index (κ2) is 8.55. The molecular weight excluding hydrogens is 455 g/mol. The zero-order valence-electron chi connectivity index (χ0n) is 16.0. The monoisotopic (exact) mass is 470 g/mol. The second-order valence-corrected chi connectivity index (χ2v) is 8.55. The van der Waals surface area contributed by atoms with Gasteiger partial charge in [0.1, 0.15) is 16.3 Å². The molecule has 0 aliphatic heterocycles. The molecule has 0 saturated carbocycles. The molecule has 30 heavy (non-hydrogen) atoms. The molecule has 0 atom stereocenters. The number of carbonyl (C=O) groups excluding carboxylic acids is 1. The fourth-order valence-corrected chi connectivity index (χ4v) is 4.54. The molecule has 1 aromatic heterocycles. The van der Waals surface area contributed by atoms with Crippen LogP contribution in [0.3, 0.4) is 0 Å². The fraction of sp³-hybridized carbons (Fsp3) is 0.158. The van der Waals surface area contributed by atoms with Crippen LogP contribution in [0.2, 0.25) is 10.0 Å².